The van der Waals surface area contributed by atoms with Crippen molar-refractivity contribution in [1.29, 1.82) is 0 Å². The van der Waals surface area contributed by atoms with E-state index in [1.54, 1.807) is 27.7 Å². The van der Waals surface area contributed by atoms with E-state index >= 15 is 8.78 Å². The van der Waals surface area contributed by atoms with E-state index in [0.29, 0.717) is 5.56 Å². The zero-order valence-corrected chi connectivity index (χ0v) is 23.8. The first-order valence-corrected chi connectivity index (χ1v) is 13.5. The molecule has 0 fully saturated rings. The first kappa shape index (κ1) is 25.2. The minimum Gasteiger partial charge on any atom is -0.310 e. The zero-order chi connectivity index (χ0) is 25.9. The van der Waals surface area contributed by atoms with Gasteiger partial charge in [0.15, 0.2) is 0 Å². The van der Waals surface area contributed by atoms with Gasteiger partial charge < -0.3 is 4.90 Å². The van der Waals surface area contributed by atoms with Crippen molar-refractivity contribution in [3.8, 4) is 11.1 Å². The number of hydrogen-bond donors (Lipinski definition) is 0. The zero-order valence-electron chi connectivity index (χ0n) is 20.6. The molecular formula is C31H27Br2F2N. The summed E-state index contributed by atoms with van der Waals surface area (Å²) in [5.41, 5.74) is 3.81. The molecule has 0 radical (unpaired) electrons. The van der Waals surface area contributed by atoms with Crippen LogP contribution in [0.15, 0.2) is 99.9 Å². The number of para-hydroxylation sites is 1. The lowest BCUT2D eigenvalue weighted by atomic mass is 9.77. The summed E-state index contributed by atoms with van der Waals surface area (Å²) in [6, 6.07) is 30.4. The molecule has 0 heterocycles. The Bertz CT molecular complexity index is 1380. The Morgan fingerprint density at radius 1 is 0.611 bits per heavy atom. The Hall–Kier alpha value is -2.50. The molecule has 0 saturated carbocycles. The van der Waals surface area contributed by atoms with Crippen LogP contribution < -0.4 is 4.90 Å². The van der Waals surface area contributed by atoms with Crippen LogP contribution in [0.3, 0.4) is 0 Å². The smallest absolute Gasteiger partial charge is 0.266 e. The van der Waals surface area contributed by atoms with Gasteiger partial charge in [0.2, 0.25) is 0 Å². The third-order valence-corrected chi connectivity index (χ3v) is 8.62. The van der Waals surface area contributed by atoms with Gasteiger partial charge in [0.05, 0.1) is 16.5 Å². The lowest BCUT2D eigenvalue weighted by Gasteiger charge is -2.35. The fourth-order valence-corrected chi connectivity index (χ4v) is 5.94. The lowest BCUT2D eigenvalue weighted by molar-refractivity contribution is -0.105. The lowest BCUT2D eigenvalue weighted by Crippen LogP contribution is -2.46. The highest BCUT2D eigenvalue weighted by atomic mass is 79.9. The van der Waals surface area contributed by atoms with Gasteiger partial charge in [-0.25, -0.2) is 8.78 Å². The first-order valence-electron chi connectivity index (χ1n) is 11.9. The molecule has 1 aliphatic rings. The van der Waals surface area contributed by atoms with Gasteiger partial charge in [-0.05, 0) is 99.0 Å². The quantitative estimate of drug-likeness (QED) is 0.222. The number of benzene rings is 4. The van der Waals surface area contributed by atoms with E-state index in [9.17, 15) is 0 Å². The van der Waals surface area contributed by atoms with Crippen molar-refractivity contribution in [2.45, 2.75) is 44.4 Å². The molecule has 4 aromatic carbocycles. The van der Waals surface area contributed by atoms with Gasteiger partial charge in [-0.3, -0.25) is 0 Å². The molecule has 0 amide bonds. The normalized spacial score (nSPS) is 17.0. The molecule has 0 atom stereocenters. The van der Waals surface area contributed by atoms with Crippen LogP contribution in [-0.2, 0) is 10.8 Å². The highest BCUT2D eigenvalue weighted by molar-refractivity contribution is 9.10. The second kappa shape index (κ2) is 8.81. The number of anilines is 3. The molecule has 0 unspecified atom stereocenters. The summed E-state index contributed by atoms with van der Waals surface area (Å²) in [4.78, 5) is 2.20. The molecule has 184 valence electrons. The van der Waals surface area contributed by atoms with Crippen molar-refractivity contribution >= 4 is 48.9 Å². The van der Waals surface area contributed by atoms with E-state index in [-0.39, 0.29) is 0 Å². The van der Waals surface area contributed by atoms with Crippen molar-refractivity contribution in [2.75, 3.05) is 4.90 Å². The van der Waals surface area contributed by atoms with E-state index < -0.39 is 16.8 Å². The van der Waals surface area contributed by atoms with Gasteiger partial charge >= 0.3 is 0 Å². The van der Waals surface area contributed by atoms with Crippen molar-refractivity contribution < 1.29 is 8.78 Å². The molecular weight excluding hydrogens is 584 g/mol. The number of rotatable bonds is 4. The molecule has 5 heteroatoms. The Kier molecular flexibility index (Phi) is 6.16. The van der Waals surface area contributed by atoms with Crippen molar-refractivity contribution in [1.82, 2.24) is 0 Å². The van der Waals surface area contributed by atoms with Crippen LogP contribution in [0, 0.1) is 0 Å². The van der Waals surface area contributed by atoms with Crippen molar-refractivity contribution in [3.63, 3.8) is 0 Å². The first-order chi connectivity index (χ1) is 16.9. The van der Waals surface area contributed by atoms with E-state index in [1.807, 2.05) is 54.6 Å². The fraction of sp³-hybridized carbons (Fsp3) is 0.226. The molecule has 0 spiro atoms. The number of nitrogens with zero attached hydrogens (tertiary/aromatic N) is 1. The topological polar surface area (TPSA) is 3.24 Å². The Balaban J connectivity index is 1.71. The summed E-state index contributed by atoms with van der Waals surface area (Å²) < 4.78 is 33.1. The molecule has 4 aromatic rings. The van der Waals surface area contributed by atoms with Gasteiger partial charge in [0, 0.05) is 25.9 Å². The standard InChI is InChI=1S/C31H27Br2F2N/c1-29(2)26-18-9-20(19-27(26)30(3,4)31(29,34)35)25-7-5-6-8-28(25)36(23-14-10-21(32)11-15-23)24-16-12-22(33)13-17-24/h5-19H,1-4H3. The number of alkyl halides is 2. The molecule has 0 aromatic heterocycles. The largest absolute Gasteiger partial charge is 0.310 e. The van der Waals surface area contributed by atoms with E-state index in [0.717, 1.165) is 42.7 Å². The van der Waals surface area contributed by atoms with Crippen LogP contribution in [0.4, 0.5) is 25.8 Å². The molecule has 1 aliphatic carbocycles. The van der Waals surface area contributed by atoms with Crippen LogP contribution >= 0.6 is 31.9 Å². The molecule has 0 saturated heterocycles. The number of fused-ring (bicyclic) bond motifs is 1. The second-order valence-electron chi connectivity index (χ2n) is 10.4. The molecule has 5 rings (SSSR count). The number of halogens is 4. The predicted molar refractivity (Wildman–Crippen MR) is 153 cm³/mol. The maximum atomic E-state index is 15.5. The summed E-state index contributed by atoms with van der Waals surface area (Å²) in [5, 5.41) is 0. The average molecular weight is 611 g/mol. The molecule has 0 bridgehead atoms. The molecule has 36 heavy (non-hydrogen) atoms. The average Bonchev–Trinajstić information content (AvgIpc) is 2.96. The minimum absolute atomic E-state index is 0.712. The van der Waals surface area contributed by atoms with E-state index in [4.69, 9.17) is 0 Å². The highest BCUT2D eigenvalue weighted by Gasteiger charge is 2.65. The van der Waals surface area contributed by atoms with Crippen LogP contribution in [0.5, 0.6) is 0 Å². The van der Waals surface area contributed by atoms with Gasteiger partial charge in [-0.15, -0.1) is 0 Å². The fourth-order valence-electron chi connectivity index (χ4n) is 5.41. The van der Waals surface area contributed by atoms with Crippen LogP contribution in [0.1, 0.15) is 38.8 Å². The predicted octanol–water partition coefficient (Wildman–Crippen LogP) is 10.6. The third-order valence-electron chi connectivity index (χ3n) is 7.56. The molecule has 1 nitrogen and oxygen atoms in total. The van der Waals surface area contributed by atoms with Gasteiger partial charge in [0.1, 0.15) is 0 Å². The van der Waals surface area contributed by atoms with Crippen molar-refractivity contribution in [3.05, 3.63) is 111 Å². The maximum absolute atomic E-state index is 15.5. The van der Waals surface area contributed by atoms with Gasteiger partial charge in [-0.2, -0.15) is 0 Å². The van der Waals surface area contributed by atoms with Crippen LogP contribution in [0.25, 0.3) is 11.1 Å². The Labute approximate surface area is 228 Å². The SMILES string of the molecule is CC1(C)c2ccc(-c3ccccc3N(c3ccc(Br)cc3)c3ccc(Br)cc3)cc2C(C)(C)C1(F)F. The Morgan fingerprint density at radius 3 is 1.67 bits per heavy atom. The van der Waals surface area contributed by atoms with Gasteiger partial charge in [0.25, 0.3) is 5.92 Å². The van der Waals surface area contributed by atoms with Crippen LogP contribution in [-0.4, -0.2) is 5.92 Å². The summed E-state index contributed by atoms with van der Waals surface area (Å²) in [7, 11) is 0. The van der Waals surface area contributed by atoms with E-state index in [1.165, 1.54) is 0 Å². The van der Waals surface area contributed by atoms with Crippen LogP contribution in [0.2, 0.25) is 0 Å². The van der Waals surface area contributed by atoms with Gasteiger partial charge in [-0.1, -0.05) is 68.3 Å². The molecule has 0 aliphatic heterocycles. The summed E-state index contributed by atoms with van der Waals surface area (Å²) in [6.45, 7) is 6.62. The second-order valence-corrected chi connectivity index (χ2v) is 12.2. The van der Waals surface area contributed by atoms with E-state index in [2.05, 4.69) is 73.2 Å². The maximum Gasteiger partial charge on any atom is 0.266 e. The third kappa shape index (κ3) is 3.83. The highest BCUT2D eigenvalue weighted by Crippen LogP contribution is 2.60. The summed E-state index contributed by atoms with van der Waals surface area (Å²) in [6.07, 6.45) is 0. The molecule has 0 N–H and O–H groups in total. The Morgan fingerprint density at radius 2 is 1.11 bits per heavy atom. The van der Waals surface area contributed by atoms with Crippen molar-refractivity contribution in [2.24, 2.45) is 0 Å². The minimum atomic E-state index is -2.86. The summed E-state index contributed by atoms with van der Waals surface area (Å²) in [5.74, 6) is -2.86. The monoisotopic (exact) mass is 609 g/mol. The summed E-state index contributed by atoms with van der Waals surface area (Å²) >= 11 is 7.08. The number of hydrogen-bond acceptors (Lipinski definition) is 1.